The average molecular weight is 374 g/mol. The van der Waals surface area contributed by atoms with Crippen molar-refractivity contribution in [2.45, 2.75) is 11.4 Å². The highest BCUT2D eigenvalue weighted by molar-refractivity contribution is 7.89. The maximum Gasteiger partial charge on any atom is 0.240 e. The quantitative estimate of drug-likeness (QED) is 0.686. The van der Waals surface area contributed by atoms with E-state index in [1.165, 1.54) is 12.1 Å². The Bertz CT molecular complexity index is 942. The zero-order chi connectivity index (χ0) is 17.7. The van der Waals surface area contributed by atoms with Gasteiger partial charge in [-0.05, 0) is 42.0 Å². The van der Waals surface area contributed by atoms with Crippen molar-refractivity contribution in [2.24, 2.45) is 0 Å². The van der Waals surface area contributed by atoms with Crippen molar-refractivity contribution in [2.75, 3.05) is 0 Å². The number of hydrogen-bond donors (Lipinski definition) is 1. The average Bonchev–Trinajstić information content (AvgIpc) is 2.63. The predicted molar refractivity (Wildman–Crippen MR) is 98.4 cm³/mol. The lowest BCUT2D eigenvalue weighted by Crippen LogP contribution is -2.23. The van der Waals surface area contributed by atoms with Gasteiger partial charge in [-0.2, -0.15) is 0 Å². The van der Waals surface area contributed by atoms with Gasteiger partial charge in [0.05, 0.1) is 9.92 Å². The molecule has 0 aliphatic rings. The number of benzene rings is 3. The lowest BCUT2D eigenvalue weighted by Gasteiger charge is -2.09. The molecule has 0 bridgehead atoms. The third-order valence-corrected chi connectivity index (χ3v) is 5.24. The van der Waals surface area contributed by atoms with Crippen molar-refractivity contribution in [3.8, 4) is 11.5 Å². The highest BCUT2D eigenvalue weighted by Crippen LogP contribution is 2.29. The molecule has 6 heteroatoms. The Morgan fingerprint density at radius 2 is 1.48 bits per heavy atom. The molecular weight excluding hydrogens is 358 g/mol. The summed E-state index contributed by atoms with van der Waals surface area (Å²) in [5.41, 5.74) is 0.893. The van der Waals surface area contributed by atoms with E-state index in [1.54, 1.807) is 24.3 Å². The van der Waals surface area contributed by atoms with E-state index in [9.17, 15) is 8.42 Å². The molecule has 0 aliphatic carbocycles. The molecular formula is C19H16ClNO3S. The number of ether oxygens (including phenoxy) is 1. The number of para-hydroxylation sites is 1. The van der Waals surface area contributed by atoms with Crippen LogP contribution in [0.1, 0.15) is 5.56 Å². The van der Waals surface area contributed by atoms with Crippen LogP contribution in [0.3, 0.4) is 0 Å². The van der Waals surface area contributed by atoms with Crippen LogP contribution < -0.4 is 9.46 Å². The number of rotatable bonds is 6. The van der Waals surface area contributed by atoms with E-state index >= 15 is 0 Å². The number of halogens is 1. The lowest BCUT2D eigenvalue weighted by molar-refractivity contribution is 0.482. The summed E-state index contributed by atoms with van der Waals surface area (Å²) in [6.07, 6.45) is 0. The van der Waals surface area contributed by atoms with Crippen LogP contribution in [0.2, 0.25) is 5.02 Å². The van der Waals surface area contributed by atoms with Crippen LogP contribution in [0.25, 0.3) is 0 Å². The molecule has 0 aromatic heterocycles. The molecule has 0 saturated carbocycles. The van der Waals surface area contributed by atoms with Crippen molar-refractivity contribution < 1.29 is 13.2 Å². The van der Waals surface area contributed by atoms with Gasteiger partial charge in [-0.15, -0.1) is 0 Å². The summed E-state index contributed by atoms with van der Waals surface area (Å²) < 4.78 is 33.0. The highest BCUT2D eigenvalue weighted by Gasteiger charge is 2.14. The minimum atomic E-state index is -3.59. The van der Waals surface area contributed by atoms with Crippen LogP contribution >= 0.6 is 11.6 Å². The minimum Gasteiger partial charge on any atom is -0.456 e. The van der Waals surface area contributed by atoms with Gasteiger partial charge in [0.15, 0.2) is 0 Å². The molecule has 0 saturated heterocycles. The van der Waals surface area contributed by atoms with E-state index in [1.807, 2.05) is 42.5 Å². The van der Waals surface area contributed by atoms with E-state index < -0.39 is 10.0 Å². The van der Waals surface area contributed by atoms with Gasteiger partial charge in [0.25, 0.3) is 0 Å². The molecule has 0 fully saturated rings. The summed E-state index contributed by atoms with van der Waals surface area (Å²) in [7, 11) is -3.59. The van der Waals surface area contributed by atoms with Crippen molar-refractivity contribution in [1.29, 1.82) is 0 Å². The third kappa shape index (κ3) is 4.60. The molecule has 0 radical (unpaired) electrons. The molecule has 128 valence electrons. The van der Waals surface area contributed by atoms with E-state index in [2.05, 4.69) is 4.72 Å². The van der Waals surface area contributed by atoms with Gasteiger partial charge in [0, 0.05) is 6.54 Å². The first-order valence-electron chi connectivity index (χ1n) is 7.61. The van der Waals surface area contributed by atoms with Crippen molar-refractivity contribution in [3.05, 3.63) is 89.4 Å². The normalized spacial score (nSPS) is 11.2. The van der Waals surface area contributed by atoms with Gasteiger partial charge in [0.1, 0.15) is 11.5 Å². The molecule has 0 unspecified atom stereocenters. The van der Waals surface area contributed by atoms with Crippen LogP contribution in [0, 0.1) is 0 Å². The van der Waals surface area contributed by atoms with E-state index in [-0.39, 0.29) is 11.4 Å². The molecule has 4 nitrogen and oxygen atoms in total. The summed E-state index contributed by atoms with van der Waals surface area (Å²) in [5, 5.41) is 0.490. The largest absolute Gasteiger partial charge is 0.456 e. The van der Waals surface area contributed by atoms with E-state index in [0.29, 0.717) is 16.5 Å². The second-order valence-electron chi connectivity index (χ2n) is 5.31. The second-order valence-corrected chi connectivity index (χ2v) is 7.49. The SMILES string of the molecule is O=S(=O)(NCc1ccccc1)c1ccc(Oc2ccccc2Cl)cc1. The molecule has 0 spiro atoms. The zero-order valence-electron chi connectivity index (χ0n) is 13.2. The van der Waals surface area contributed by atoms with Crippen molar-refractivity contribution in [1.82, 2.24) is 4.72 Å². The molecule has 0 heterocycles. The first-order chi connectivity index (χ1) is 12.0. The maximum absolute atomic E-state index is 12.4. The summed E-state index contributed by atoms with van der Waals surface area (Å²) >= 11 is 6.05. The summed E-state index contributed by atoms with van der Waals surface area (Å²) in [5.74, 6) is 1.03. The fraction of sp³-hybridized carbons (Fsp3) is 0.0526. The van der Waals surface area contributed by atoms with Crippen LogP contribution in [0.15, 0.2) is 83.8 Å². The molecule has 0 aliphatic heterocycles. The third-order valence-electron chi connectivity index (χ3n) is 3.51. The fourth-order valence-corrected chi connectivity index (χ4v) is 3.39. The molecule has 3 aromatic carbocycles. The van der Waals surface area contributed by atoms with E-state index in [4.69, 9.17) is 16.3 Å². The maximum atomic E-state index is 12.4. The first kappa shape index (κ1) is 17.5. The molecule has 3 aromatic rings. The monoisotopic (exact) mass is 373 g/mol. The van der Waals surface area contributed by atoms with Gasteiger partial charge in [0.2, 0.25) is 10.0 Å². The van der Waals surface area contributed by atoms with Crippen LogP contribution in [-0.2, 0) is 16.6 Å². The van der Waals surface area contributed by atoms with Gasteiger partial charge in [-0.3, -0.25) is 0 Å². The van der Waals surface area contributed by atoms with Crippen molar-refractivity contribution >= 4 is 21.6 Å². The second kappa shape index (κ2) is 7.70. The number of nitrogens with one attached hydrogen (secondary N) is 1. The van der Waals surface area contributed by atoms with Crippen LogP contribution in [-0.4, -0.2) is 8.42 Å². The molecule has 1 N–H and O–H groups in total. The van der Waals surface area contributed by atoms with Gasteiger partial charge < -0.3 is 4.74 Å². The predicted octanol–water partition coefficient (Wildman–Crippen LogP) is 4.61. The molecule has 0 atom stereocenters. The summed E-state index contributed by atoms with van der Waals surface area (Å²) in [6.45, 7) is 0.237. The van der Waals surface area contributed by atoms with Gasteiger partial charge in [-0.1, -0.05) is 54.1 Å². The Labute approximate surface area is 152 Å². The Hall–Kier alpha value is -2.34. The molecule has 3 rings (SSSR count). The Balaban J connectivity index is 1.69. The summed E-state index contributed by atoms with van der Waals surface area (Å²) in [4.78, 5) is 0.176. The van der Waals surface area contributed by atoms with Gasteiger partial charge in [-0.25, -0.2) is 13.1 Å². The highest BCUT2D eigenvalue weighted by atomic mass is 35.5. The molecule has 25 heavy (non-hydrogen) atoms. The zero-order valence-corrected chi connectivity index (χ0v) is 14.8. The number of hydrogen-bond acceptors (Lipinski definition) is 3. The smallest absolute Gasteiger partial charge is 0.240 e. The van der Waals surface area contributed by atoms with Crippen LogP contribution in [0.5, 0.6) is 11.5 Å². The van der Waals surface area contributed by atoms with Crippen LogP contribution in [0.4, 0.5) is 0 Å². The standard InChI is InChI=1S/C19H16ClNO3S/c20-18-8-4-5-9-19(18)24-16-10-12-17(13-11-16)25(22,23)21-14-15-6-2-1-3-7-15/h1-13,21H,14H2. The Morgan fingerprint density at radius 1 is 0.840 bits per heavy atom. The molecule has 0 amide bonds. The number of sulfonamides is 1. The summed E-state index contributed by atoms with van der Waals surface area (Å²) in [6, 6.07) is 22.6. The fourth-order valence-electron chi connectivity index (χ4n) is 2.20. The van der Waals surface area contributed by atoms with Gasteiger partial charge >= 0.3 is 0 Å². The minimum absolute atomic E-state index is 0.176. The van der Waals surface area contributed by atoms with Crippen molar-refractivity contribution in [3.63, 3.8) is 0 Å². The Morgan fingerprint density at radius 3 is 2.16 bits per heavy atom. The Kier molecular flexibility index (Phi) is 5.38. The topological polar surface area (TPSA) is 55.4 Å². The first-order valence-corrected chi connectivity index (χ1v) is 9.47. The lowest BCUT2D eigenvalue weighted by atomic mass is 10.2. The van der Waals surface area contributed by atoms with E-state index in [0.717, 1.165) is 5.56 Å².